The van der Waals surface area contributed by atoms with Crippen LogP contribution < -0.4 is 5.73 Å². The quantitative estimate of drug-likeness (QED) is 0.335. The molecule has 2 N–H and O–H groups in total. The third-order valence-corrected chi connectivity index (χ3v) is 3.74. The van der Waals surface area contributed by atoms with Crippen LogP contribution in [-0.2, 0) is 0 Å². The fourth-order valence-corrected chi connectivity index (χ4v) is 2.41. The number of anilines is 1. The van der Waals surface area contributed by atoms with Crippen LogP contribution in [-0.4, -0.2) is 5.78 Å². The van der Waals surface area contributed by atoms with E-state index in [9.17, 15) is 4.79 Å². The molecule has 0 fully saturated rings. The molecule has 1 aromatic carbocycles. The van der Waals surface area contributed by atoms with E-state index in [1.807, 2.05) is 12.1 Å². The lowest BCUT2D eigenvalue weighted by atomic mass is 10.0. The van der Waals surface area contributed by atoms with Gasteiger partial charge < -0.3 is 5.73 Å². The summed E-state index contributed by atoms with van der Waals surface area (Å²) in [7, 11) is 0. The SMILES string of the molecule is CCCCCCCCCCCC(=O)c1ccc(N)cc1. The summed E-state index contributed by atoms with van der Waals surface area (Å²) in [6.45, 7) is 2.25. The lowest BCUT2D eigenvalue weighted by Crippen LogP contribution is -1.99. The summed E-state index contributed by atoms with van der Waals surface area (Å²) in [5, 5.41) is 0. The van der Waals surface area contributed by atoms with Gasteiger partial charge in [-0.25, -0.2) is 0 Å². The summed E-state index contributed by atoms with van der Waals surface area (Å²) in [6.07, 6.45) is 12.2. The molecule has 0 aromatic heterocycles. The Morgan fingerprint density at radius 1 is 0.850 bits per heavy atom. The molecule has 2 heteroatoms. The average Bonchev–Trinajstić information content (AvgIpc) is 2.46. The highest BCUT2D eigenvalue weighted by Crippen LogP contribution is 2.13. The summed E-state index contributed by atoms with van der Waals surface area (Å²) >= 11 is 0. The van der Waals surface area contributed by atoms with Gasteiger partial charge in [-0.3, -0.25) is 4.79 Å². The second kappa shape index (κ2) is 10.5. The van der Waals surface area contributed by atoms with Gasteiger partial charge in [0.15, 0.2) is 5.78 Å². The number of rotatable bonds is 11. The van der Waals surface area contributed by atoms with Crippen molar-refractivity contribution in [2.75, 3.05) is 5.73 Å². The van der Waals surface area contributed by atoms with Gasteiger partial charge in [-0.1, -0.05) is 58.3 Å². The van der Waals surface area contributed by atoms with E-state index in [0.717, 1.165) is 12.0 Å². The van der Waals surface area contributed by atoms with Crippen molar-refractivity contribution in [1.29, 1.82) is 0 Å². The van der Waals surface area contributed by atoms with Gasteiger partial charge in [0.2, 0.25) is 0 Å². The molecule has 0 amide bonds. The molecule has 20 heavy (non-hydrogen) atoms. The van der Waals surface area contributed by atoms with Gasteiger partial charge in [-0.15, -0.1) is 0 Å². The van der Waals surface area contributed by atoms with Gasteiger partial charge in [0, 0.05) is 17.7 Å². The first-order valence-electron chi connectivity index (χ1n) is 8.12. The van der Waals surface area contributed by atoms with Crippen LogP contribution in [0.25, 0.3) is 0 Å². The summed E-state index contributed by atoms with van der Waals surface area (Å²) in [4.78, 5) is 11.9. The van der Waals surface area contributed by atoms with E-state index < -0.39 is 0 Å². The van der Waals surface area contributed by atoms with E-state index in [1.165, 1.54) is 51.4 Å². The van der Waals surface area contributed by atoms with Gasteiger partial charge in [-0.05, 0) is 30.7 Å². The third kappa shape index (κ3) is 7.32. The van der Waals surface area contributed by atoms with E-state index in [-0.39, 0.29) is 5.78 Å². The first kappa shape index (κ1) is 16.7. The number of unbranched alkanes of at least 4 members (excludes halogenated alkanes) is 8. The van der Waals surface area contributed by atoms with Crippen molar-refractivity contribution in [2.24, 2.45) is 0 Å². The van der Waals surface area contributed by atoms with Crippen LogP contribution in [0.5, 0.6) is 0 Å². The first-order chi connectivity index (χ1) is 9.74. The summed E-state index contributed by atoms with van der Waals surface area (Å²) in [5.41, 5.74) is 7.12. The lowest BCUT2D eigenvalue weighted by molar-refractivity contribution is 0.0979. The van der Waals surface area contributed by atoms with Crippen LogP contribution in [0.15, 0.2) is 24.3 Å². The molecule has 0 saturated carbocycles. The van der Waals surface area contributed by atoms with Gasteiger partial charge >= 0.3 is 0 Å². The Hall–Kier alpha value is -1.31. The number of Topliss-reactive ketones (excluding diaryl/α,β-unsaturated/α-hetero) is 1. The molecule has 0 aliphatic rings. The molecular formula is C18H29NO. The molecule has 0 unspecified atom stereocenters. The number of carbonyl (C=O) groups is 1. The molecular weight excluding hydrogens is 246 g/mol. The van der Waals surface area contributed by atoms with E-state index in [2.05, 4.69) is 6.92 Å². The Kier molecular flexibility index (Phi) is 8.77. The van der Waals surface area contributed by atoms with Crippen molar-refractivity contribution in [2.45, 2.75) is 71.1 Å². The number of benzene rings is 1. The van der Waals surface area contributed by atoms with E-state index in [0.29, 0.717) is 12.1 Å². The van der Waals surface area contributed by atoms with Gasteiger partial charge in [0.1, 0.15) is 0 Å². The highest BCUT2D eigenvalue weighted by Gasteiger charge is 2.04. The minimum atomic E-state index is 0.243. The molecule has 0 radical (unpaired) electrons. The molecule has 0 aliphatic carbocycles. The highest BCUT2D eigenvalue weighted by atomic mass is 16.1. The Morgan fingerprint density at radius 3 is 1.90 bits per heavy atom. The van der Waals surface area contributed by atoms with Gasteiger partial charge in [0.25, 0.3) is 0 Å². The zero-order valence-corrected chi connectivity index (χ0v) is 12.9. The molecule has 1 rings (SSSR count). The van der Waals surface area contributed by atoms with E-state index in [1.54, 1.807) is 12.1 Å². The van der Waals surface area contributed by atoms with Crippen molar-refractivity contribution in [3.8, 4) is 0 Å². The molecule has 1 aromatic rings. The second-order valence-corrected chi connectivity index (χ2v) is 5.62. The van der Waals surface area contributed by atoms with Crippen molar-refractivity contribution >= 4 is 11.5 Å². The standard InChI is InChI=1S/C18H29NO/c1-2-3-4-5-6-7-8-9-10-11-18(20)16-12-14-17(19)15-13-16/h12-15H,2-11,19H2,1H3. The zero-order valence-electron chi connectivity index (χ0n) is 12.9. The fraction of sp³-hybridized carbons (Fsp3) is 0.611. The van der Waals surface area contributed by atoms with Crippen LogP contribution >= 0.6 is 0 Å². The number of carbonyl (C=O) groups excluding carboxylic acids is 1. The van der Waals surface area contributed by atoms with Crippen LogP contribution in [0, 0.1) is 0 Å². The third-order valence-electron chi connectivity index (χ3n) is 3.74. The largest absolute Gasteiger partial charge is 0.399 e. The molecule has 0 spiro atoms. The second-order valence-electron chi connectivity index (χ2n) is 5.62. The number of hydrogen-bond acceptors (Lipinski definition) is 2. The topological polar surface area (TPSA) is 43.1 Å². The molecule has 2 nitrogen and oxygen atoms in total. The van der Waals surface area contributed by atoms with Crippen LogP contribution in [0.4, 0.5) is 5.69 Å². The Labute approximate surface area is 123 Å². The molecule has 0 bridgehead atoms. The highest BCUT2D eigenvalue weighted by molar-refractivity contribution is 5.96. The monoisotopic (exact) mass is 275 g/mol. The molecule has 0 heterocycles. The number of nitrogens with two attached hydrogens (primary N) is 1. The van der Waals surface area contributed by atoms with Gasteiger partial charge in [0.05, 0.1) is 0 Å². The zero-order chi connectivity index (χ0) is 14.6. The van der Waals surface area contributed by atoms with E-state index in [4.69, 9.17) is 5.73 Å². The predicted octanol–water partition coefficient (Wildman–Crippen LogP) is 5.37. The summed E-state index contributed by atoms with van der Waals surface area (Å²) < 4.78 is 0. The maximum Gasteiger partial charge on any atom is 0.162 e. The normalized spacial score (nSPS) is 10.7. The number of nitrogen functional groups attached to an aromatic ring is 1. The molecule has 112 valence electrons. The van der Waals surface area contributed by atoms with E-state index >= 15 is 0 Å². The number of hydrogen-bond donors (Lipinski definition) is 1. The van der Waals surface area contributed by atoms with Crippen LogP contribution in [0.2, 0.25) is 0 Å². The lowest BCUT2D eigenvalue weighted by Gasteiger charge is -2.03. The minimum Gasteiger partial charge on any atom is -0.399 e. The maximum absolute atomic E-state index is 11.9. The summed E-state index contributed by atoms with van der Waals surface area (Å²) in [6, 6.07) is 7.24. The Morgan fingerprint density at radius 2 is 1.35 bits per heavy atom. The predicted molar refractivity (Wildman–Crippen MR) is 87.0 cm³/mol. The van der Waals surface area contributed by atoms with Gasteiger partial charge in [-0.2, -0.15) is 0 Å². The fourth-order valence-electron chi connectivity index (χ4n) is 2.41. The Bertz CT molecular complexity index is 370. The molecule has 0 atom stereocenters. The van der Waals surface area contributed by atoms with Crippen LogP contribution in [0.1, 0.15) is 81.5 Å². The first-order valence-corrected chi connectivity index (χ1v) is 8.12. The molecule has 0 aliphatic heterocycles. The summed E-state index contributed by atoms with van der Waals surface area (Å²) in [5.74, 6) is 0.243. The Balaban J connectivity index is 2.01. The van der Waals surface area contributed by atoms with Crippen molar-refractivity contribution in [1.82, 2.24) is 0 Å². The van der Waals surface area contributed by atoms with Crippen molar-refractivity contribution < 1.29 is 4.79 Å². The average molecular weight is 275 g/mol. The van der Waals surface area contributed by atoms with Crippen molar-refractivity contribution in [3.63, 3.8) is 0 Å². The number of ketones is 1. The smallest absolute Gasteiger partial charge is 0.162 e. The van der Waals surface area contributed by atoms with Crippen LogP contribution in [0.3, 0.4) is 0 Å². The molecule has 0 saturated heterocycles. The maximum atomic E-state index is 11.9. The minimum absolute atomic E-state index is 0.243. The van der Waals surface area contributed by atoms with Crippen molar-refractivity contribution in [3.05, 3.63) is 29.8 Å².